The molecule has 1 atom stereocenters. The average molecular weight is 294 g/mol. The highest BCUT2D eigenvalue weighted by Gasteiger charge is 2.38. The number of nitrogen functional groups attached to an aromatic ring is 1. The molecule has 1 aliphatic carbocycles. The minimum absolute atomic E-state index is 0.0837. The van der Waals surface area contributed by atoms with E-state index in [4.69, 9.17) is 22.1 Å². The Balaban J connectivity index is 1.92. The summed E-state index contributed by atoms with van der Waals surface area (Å²) in [6.45, 7) is 2.17. The van der Waals surface area contributed by atoms with Gasteiger partial charge in [0.25, 0.3) is 0 Å². The molecule has 7 nitrogen and oxygen atoms in total. The monoisotopic (exact) mass is 293 g/mol. The number of carbonyl (C=O) groups excluding carboxylic acids is 1. The highest BCUT2D eigenvalue weighted by atomic mass is 35.5. The van der Waals surface area contributed by atoms with Crippen LogP contribution < -0.4 is 5.73 Å². The lowest BCUT2D eigenvalue weighted by Crippen LogP contribution is -2.05. The number of halogens is 1. The van der Waals surface area contributed by atoms with Crippen molar-refractivity contribution in [1.82, 2.24) is 19.5 Å². The molecule has 3 rings (SSSR count). The number of aromatic nitrogens is 4. The fraction of sp³-hybridized carbons (Fsp3) is 0.333. The Morgan fingerprint density at radius 2 is 2.45 bits per heavy atom. The van der Waals surface area contributed by atoms with Crippen molar-refractivity contribution in [3.05, 3.63) is 17.1 Å². The molecular weight excluding hydrogens is 282 g/mol. The lowest BCUT2D eigenvalue weighted by molar-refractivity contribution is -0.144. The van der Waals surface area contributed by atoms with E-state index in [1.54, 1.807) is 24.0 Å². The summed E-state index contributed by atoms with van der Waals surface area (Å²) in [6.07, 6.45) is 4.06. The van der Waals surface area contributed by atoms with Crippen LogP contribution in [0.15, 0.2) is 11.9 Å². The Labute approximate surface area is 119 Å². The molecule has 1 aliphatic rings. The maximum absolute atomic E-state index is 11.6. The van der Waals surface area contributed by atoms with E-state index in [2.05, 4.69) is 15.0 Å². The minimum Gasteiger partial charge on any atom is -0.466 e. The molecule has 20 heavy (non-hydrogen) atoms. The first-order valence-electron chi connectivity index (χ1n) is 6.13. The van der Waals surface area contributed by atoms with Crippen LogP contribution in [0.2, 0.25) is 5.15 Å². The van der Waals surface area contributed by atoms with Gasteiger partial charge in [0.05, 0.1) is 12.5 Å². The van der Waals surface area contributed by atoms with E-state index in [1.165, 1.54) is 0 Å². The van der Waals surface area contributed by atoms with Gasteiger partial charge in [0.15, 0.2) is 10.8 Å². The first kappa shape index (κ1) is 12.9. The van der Waals surface area contributed by atoms with Crippen LogP contribution in [0.1, 0.15) is 13.3 Å². The van der Waals surface area contributed by atoms with E-state index in [1.807, 2.05) is 0 Å². The fourth-order valence-electron chi connectivity index (χ4n) is 1.97. The number of hydrogen-bond acceptors (Lipinski definition) is 6. The van der Waals surface area contributed by atoms with Gasteiger partial charge in [-0.05, 0) is 18.9 Å². The second-order valence-electron chi connectivity index (χ2n) is 4.41. The van der Waals surface area contributed by atoms with Crippen LogP contribution in [0.25, 0.3) is 17.4 Å². The van der Waals surface area contributed by atoms with Crippen molar-refractivity contribution in [2.45, 2.75) is 13.3 Å². The number of nitrogens with two attached hydrogens (primary N) is 1. The molecule has 0 spiro atoms. The molecule has 1 fully saturated rings. The Kier molecular flexibility index (Phi) is 3.06. The summed E-state index contributed by atoms with van der Waals surface area (Å²) in [5.41, 5.74) is 7.54. The van der Waals surface area contributed by atoms with E-state index in [0.717, 1.165) is 5.57 Å². The van der Waals surface area contributed by atoms with Crippen LogP contribution in [0, 0.1) is 5.92 Å². The predicted molar refractivity (Wildman–Crippen MR) is 73.8 cm³/mol. The molecule has 104 valence electrons. The largest absolute Gasteiger partial charge is 0.466 e. The third-order valence-electron chi connectivity index (χ3n) is 3.00. The summed E-state index contributed by atoms with van der Waals surface area (Å²) >= 11 is 5.95. The SMILES string of the molecule is CCOC(=O)C1C/C1=C/n1cnc2c(Cl)nc(N)nc21. The second kappa shape index (κ2) is 4.75. The number of imidazole rings is 1. The molecule has 2 heterocycles. The van der Waals surface area contributed by atoms with Crippen molar-refractivity contribution in [3.8, 4) is 0 Å². The van der Waals surface area contributed by atoms with E-state index in [0.29, 0.717) is 24.2 Å². The van der Waals surface area contributed by atoms with Crippen molar-refractivity contribution in [3.63, 3.8) is 0 Å². The van der Waals surface area contributed by atoms with Gasteiger partial charge in [-0.2, -0.15) is 9.97 Å². The third-order valence-corrected chi connectivity index (χ3v) is 3.26. The zero-order valence-corrected chi connectivity index (χ0v) is 11.5. The van der Waals surface area contributed by atoms with Crippen LogP contribution in [0.3, 0.4) is 0 Å². The molecule has 0 amide bonds. The van der Waals surface area contributed by atoms with Crippen LogP contribution in [0.5, 0.6) is 0 Å². The first-order valence-corrected chi connectivity index (χ1v) is 6.50. The number of esters is 1. The normalized spacial score (nSPS) is 19.5. The molecule has 2 N–H and O–H groups in total. The zero-order chi connectivity index (χ0) is 14.3. The maximum atomic E-state index is 11.6. The number of anilines is 1. The first-order chi connectivity index (χ1) is 9.60. The van der Waals surface area contributed by atoms with Gasteiger partial charge in [0.1, 0.15) is 11.8 Å². The molecule has 0 aromatic carbocycles. The van der Waals surface area contributed by atoms with Crippen LogP contribution >= 0.6 is 11.6 Å². The van der Waals surface area contributed by atoms with E-state index in [9.17, 15) is 4.79 Å². The van der Waals surface area contributed by atoms with Crippen molar-refractivity contribution < 1.29 is 9.53 Å². The summed E-state index contributed by atoms with van der Waals surface area (Å²) in [5.74, 6) is -0.280. The second-order valence-corrected chi connectivity index (χ2v) is 4.77. The van der Waals surface area contributed by atoms with Crippen molar-refractivity contribution in [2.75, 3.05) is 12.3 Å². The number of nitrogens with zero attached hydrogens (tertiary/aromatic N) is 4. The summed E-state index contributed by atoms with van der Waals surface area (Å²) in [4.78, 5) is 23.6. The molecule has 0 aliphatic heterocycles. The highest BCUT2D eigenvalue weighted by Crippen LogP contribution is 2.39. The third kappa shape index (κ3) is 2.20. The molecule has 1 saturated carbocycles. The standard InChI is InChI=1S/C12H12ClN5O2/c1-2-20-11(19)7-3-6(7)4-18-5-15-8-9(13)16-12(14)17-10(8)18/h4-5,7H,2-3H2,1H3,(H2,14,16,17)/b6-4-. The van der Waals surface area contributed by atoms with Crippen LogP contribution in [-0.4, -0.2) is 32.1 Å². The lowest BCUT2D eigenvalue weighted by atomic mass is 10.4. The Hall–Kier alpha value is -2.15. The smallest absolute Gasteiger partial charge is 0.313 e. The van der Waals surface area contributed by atoms with Crippen LogP contribution in [-0.2, 0) is 9.53 Å². The number of hydrogen-bond donors (Lipinski definition) is 1. The Bertz CT molecular complexity index is 724. The minimum atomic E-state index is -0.199. The summed E-state index contributed by atoms with van der Waals surface area (Å²) in [5, 5.41) is 0.211. The average Bonchev–Trinajstić information content (AvgIpc) is 3.04. The molecule has 2 aromatic rings. The van der Waals surface area contributed by atoms with Gasteiger partial charge in [0, 0.05) is 6.20 Å². The van der Waals surface area contributed by atoms with Crippen LogP contribution in [0.4, 0.5) is 5.95 Å². The van der Waals surface area contributed by atoms with Gasteiger partial charge in [-0.1, -0.05) is 11.6 Å². The molecular formula is C12H12ClN5O2. The van der Waals surface area contributed by atoms with Gasteiger partial charge in [0.2, 0.25) is 5.95 Å². The van der Waals surface area contributed by atoms with Gasteiger partial charge in [-0.25, -0.2) is 4.98 Å². The van der Waals surface area contributed by atoms with Gasteiger partial charge < -0.3 is 10.5 Å². The maximum Gasteiger partial charge on any atom is 0.313 e. The quantitative estimate of drug-likeness (QED) is 0.680. The summed E-state index contributed by atoms with van der Waals surface area (Å²) in [6, 6.07) is 0. The molecule has 0 radical (unpaired) electrons. The summed E-state index contributed by atoms with van der Waals surface area (Å²) in [7, 11) is 0. The number of rotatable bonds is 3. The van der Waals surface area contributed by atoms with E-state index in [-0.39, 0.29) is 23.0 Å². The Morgan fingerprint density at radius 1 is 1.65 bits per heavy atom. The molecule has 1 unspecified atom stereocenters. The zero-order valence-electron chi connectivity index (χ0n) is 10.7. The lowest BCUT2D eigenvalue weighted by Gasteiger charge is -1.98. The number of carbonyl (C=O) groups is 1. The molecule has 8 heteroatoms. The Morgan fingerprint density at radius 3 is 3.20 bits per heavy atom. The van der Waals surface area contributed by atoms with E-state index >= 15 is 0 Å². The summed E-state index contributed by atoms with van der Waals surface area (Å²) < 4.78 is 6.66. The topological polar surface area (TPSA) is 95.9 Å². The molecule has 0 bridgehead atoms. The number of fused-ring (bicyclic) bond motifs is 1. The fourth-order valence-corrected chi connectivity index (χ4v) is 2.19. The van der Waals surface area contributed by atoms with Crippen molar-refractivity contribution in [1.29, 1.82) is 0 Å². The van der Waals surface area contributed by atoms with E-state index < -0.39 is 0 Å². The predicted octanol–water partition coefficient (Wildman–Crippen LogP) is 1.49. The van der Waals surface area contributed by atoms with Crippen molar-refractivity contribution >= 4 is 40.9 Å². The highest BCUT2D eigenvalue weighted by molar-refractivity contribution is 6.33. The number of ether oxygens (including phenoxy) is 1. The van der Waals surface area contributed by atoms with Gasteiger partial charge in [-0.15, -0.1) is 0 Å². The molecule has 2 aromatic heterocycles. The van der Waals surface area contributed by atoms with Crippen molar-refractivity contribution in [2.24, 2.45) is 5.92 Å². The van der Waals surface area contributed by atoms with Gasteiger partial charge >= 0.3 is 5.97 Å². The van der Waals surface area contributed by atoms with Gasteiger partial charge in [-0.3, -0.25) is 9.36 Å². The molecule has 0 saturated heterocycles.